The Morgan fingerprint density at radius 2 is 1.60 bits per heavy atom. The molecule has 0 bridgehead atoms. The van der Waals surface area contributed by atoms with Crippen LogP contribution >= 0.6 is 0 Å². The number of amides is 2. The SMILES string of the molecule is N#C/C(=C/NCCCN1CCCC1=O)C(=O)N1CCN(C(c2ccccc2)c2ccccc2)CC1. The van der Waals surface area contributed by atoms with Crippen LogP contribution in [-0.2, 0) is 9.59 Å². The van der Waals surface area contributed by atoms with Gasteiger partial charge in [-0.2, -0.15) is 5.26 Å². The highest BCUT2D eigenvalue weighted by Crippen LogP contribution is 2.29. The van der Waals surface area contributed by atoms with Crippen LogP contribution < -0.4 is 5.32 Å². The molecule has 2 aliphatic rings. The molecule has 7 nitrogen and oxygen atoms in total. The van der Waals surface area contributed by atoms with Gasteiger partial charge in [-0.25, -0.2) is 0 Å². The lowest BCUT2D eigenvalue weighted by Gasteiger charge is -2.39. The first-order chi connectivity index (χ1) is 17.2. The number of nitriles is 1. The minimum absolute atomic E-state index is 0.123. The molecule has 182 valence electrons. The van der Waals surface area contributed by atoms with Crippen LogP contribution in [0.1, 0.15) is 36.4 Å². The highest BCUT2D eigenvalue weighted by Gasteiger charge is 2.29. The van der Waals surface area contributed by atoms with Crippen molar-refractivity contribution in [2.75, 3.05) is 45.8 Å². The maximum absolute atomic E-state index is 13.0. The Kier molecular flexibility index (Phi) is 8.53. The largest absolute Gasteiger partial charge is 0.390 e. The molecule has 2 aliphatic heterocycles. The van der Waals surface area contributed by atoms with Gasteiger partial charge in [0, 0.05) is 58.4 Å². The van der Waals surface area contributed by atoms with E-state index in [-0.39, 0.29) is 23.4 Å². The Morgan fingerprint density at radius 1 is 0.971 bits per heavy atom. The fourth-order valence-electron chi connectivity index (χ4n) is 4.87. The van der Waals surface area contributed by atoms with Crippen molar-refractivity contribution >= 4 is 11.8 Å². The molecular weight excluding hydrogens is 438 g/mol. The van der Waals surface area contributed by atoms with Crippen molar-refractivity contribution in [3.8, 4) is 6.07 Å². The summed E-state index contributed by atoms with van der Waals surface area (Å²) in [5.41, 5.74) is 2.59. The average Bonchev–Trinajstić information content (AvgIpc) is 3.32. The predicted octanol–water partition coefficient (Wildman–Crippen LogP) is 2.93. The molecule has 0 unspecified atom stereocenters. The van der Waals surface area contributed by atoms with Gasteiger partial charge in [0.2, 0.25) is 5.91 Å². The van der Waals surface area contributed by atoms with Crippen LogP contribution in [0.5, 0.6) is 0 Å². The van der Waals surface area contributed by atoms with Crippen molar-refractivity contribution < 1.29 is 9.59 Å². The van der Waals surface area contributed by atoms with Crippen molar-refractivity contribution in [1.82, 2.24) is 20.0 Å². The van der Waals surface area contributed by atoms with E-state index in [4.69, 9.17) is 0 Å². The van der Waals surface area contributed by atoms with Crippen molar-refractivity contribution in [3.63, 3.8) is 0 Å². The molecule has 7 heteroatoms. The zero-order valence-electron chi connectivity index (χ0n) is 20.1. The summed E-state index contributed by atoms with van der Waals surface area (Å²) in [6, 6.07) is 23.1. The number of rotatable bonds is 9. The Hall–Kier alpha value is -3.63. The number of carbonyl (C=O) groups excluding carboxylic acids is 2. The molecule has 0 atom stereocenters. The minimum Gasteiger partial charge on any atom is -0.390 e. The van der Waals surface area contributed by atoms with Crippen LogP contribution in [0.2, 0.25) is 0 Å². The van der Waals surface area contributed by atoms with Gasteiger partial charge in [0.15, 0.2) is 0 Å². The molecule has 0 radical (unpaired) electrons. The van der Waals surface area contributed by atoms with Gasteiger partial charge in [-0.15, -0.1) is 0 Å². The summed E-state index contributed by atoms with van der Waals surface area (Å²) in [5, 5.41) is 12.6. The molecule has 2 fully saturated rings. The van der Waals surface area contributed by atoms with Gasteiger partial charge in [-0.1, -0.05) is 60.7 Å². The standard InChI is InChI=1S/C28H33N5O2/c29-21-25(22-30-14-8-16-31-15-7-13-26(31)34)28(35)33-19-17-32(18-20-33)27(23-9-3-1-4-10-23)24-11-5-2-6-12-24/h1-6,9-12,22,27,30H,7-8,13-20H2/b25-22-. The van der Waals surface area contributed by atoms with E-state index >= 15 is 0 Å². The number of nitrogens with zero attached hydrogens (tertiary/aromatic N) is 4. The summed E-state index contributed by atoms with van der Waals surface area (Å²) >= 11 is 0. The number of piperazine rings is 1. The van der Waals surface area contributed by atoms with Crippen molar-refractivity contribution in [3.05, 3.63) is 83.6 Å². The van der Waals surface area contributed by atoms with Crippen LogP contribution in [0, 0.1) is 11.3 Å². The first kappa shape index (κ1) is 24.5. The minimum atomic E-state index is -0.231. The van der Waals surface area contributed by atoms with Gasteiger partial charge in [-0.3, -0.25) is 14.5 Å². The van der Waals surface area contributed by atoms with E-state index < -0.39 is 0 Å². The van der Waals surface area contributed by atoms with Crippen LogP contribution in [0.3, 0.4) is 0 Å². The number of nitrogens with one attached hydrogen (secondary N) is 1. The monoisotopic (exact) mass is 471 g/mol. The third-order valence-corrected chi connectivity index (χ3v) is 6.72. The lowest BCUT2D eigenvalue weighted by atomic mass is 9.96. The van der Waals surface area contributed by atoms with Crippen LogP contribution in [0.15, 0.2) is 72.4 Å². The van der Waals surface area contributed by atoms with Gasteiger partial charge in [0.25, 0.3) is 5.91 Å². The maximum Gasteiger partial charge on any atom is 0.266 e. The molecule has 35 heavy (non-hydrogen) atoms. The number of carbonyl (C=O) groups is 2. The van der Waals surface area contributed by atoms with E-state index in [1.54, 1.807) is 4.90 Å². The predicted molar refractivity (Wildman–Crippen MR) is 135 cm³/mol. The maximum atomic E-state index is 13.0. The summed E-state index contributed by atoms with van der Waals surface area (Å²) in [5.74, 6) is -0.0142. The highest BCUT2D eigenvalue weighted by molar-refractivity contribution is 5.97. The first-order valence-electron chi connectivity index (χ1n) is 12.4. The Labute approximate surface area is 207 Å². The molecule has 0 aliphatic carbocycles. The van der Waals surface area contributed by atoms with Gasteiger partial charge in [0.05, 0.1) is 6.04 Å². The van der Waals surface area contributed by atoms with Gasteiger partial charge in [0.1, 0.15) is 11.6 Å². The average molecular weight is 472 g/mol. The lowest BCUT2D eigenvalue weighted by molar-refractivity contribution is -0.129. The van der Waals surface area contributed by atoms with Crippen molar-refractivity contribution in [2.24, 2.45) is 0 Å². The van der Waals surface area contributed by atoms with Gasteiger partial charge in [-0.05, 0) is 24.0 Å². The second kappa shape index (κ2) is 12.2. The van der Waals surface area contributed by atoms with Gasteiger partial charge >= 0.3 is 0 Å². The number of benzene rings is 2. The Balaban J connectivity index is 1.31. The second-order valence-corrected chi connectivity index (χ2v) is 9.01. The Morgan fingerprint density at radius 3 is 2.14 bits per heavy atom. The van der Waals surface area contributed by atoms with Crippen LogP contribution in [0.4, 0.5) is 0 Å². The van der Waals surface area contributed by atoms with E-state index in [2.05, 4.69) is 64.8 Å². The smallest absolute Gasteiger partial charge is 0.266 e. The molecule has 4 rings (SSSR count). The molecule has 2 amide bonds. The topological polar surface area (TPSA) is 79.7 Å². The first-order valence-corrected chi connectivity index (χ1v) is 12.4. The molecule has 2 aromatic rings. The molecule has 0 aromatic heterocycles. The molecule has 2 saturated heterocycles. The van der Waals surface area contributed by atoms with E-state index in [0.717, 1.165) is 32.5 Å². The summed E-state index contributed by atoms with van der Waals surface area (Å²) in [7, 11) is 0. The highest BCUT2D eigenvalue weighted by atomic mass is 16.2. The third kappa shape index (κ3) is 6.28. The normalized spacial score (nSPS) is 17.0. The van der Waals surface area contributed by atoms with E-state index in [9.17, 15) is 14.9 Å². The van der Waals surface area contributed by atoms with Gasteiger partial charge < -0.3 is 15.1 Å². The third-order valence-electron chi connectivity index (χ3n) is 6.72. The number of hydrogen-bond donors (Lipinski definition) is 1. The fraction of sp³-hybridized carbons (Fsp3) is 0.393. The summed E-state index contributed by atoms with van der Waals surface area (Å²) in [4.78, 5) is 30.7. The van der Waals surface area contributed by atoms with Crippen molar-refractivity contribution in [2.45, 2.75) is 25.3 Å². The molecule has 1 N–H and O–H groups in total. The summed E-state index contributed by atoms with van der Waals surface area (Å²) in [6.45, 7) is 4.77. The molecular formula is C28H33N5O2. The van der Waals surface area contributed by atoms with Crippen molar-refractivity contribution in [1.29, 1.82) is 5.26 Å². The zero-order chi connectivity index (χ0) is 24.5. The van der Waals surface area contributed by atoms with E-state index in [1.807, 2.05) is 17.0 Å². The lowest BCUT2D eigenvalue weighted by Crippen LogP contribution is -2.50. The number of likely N-dealkylation sites (tertiary alicyclic amines) is 1. The fourth-order valence-corrected chi connectivity index (χ4v) is 4.87. The summed E-state index contributed by atoms with van der Waals surface area (Å²) in [6.07, 6.45) is 3.89. The molecule has 0 spiro atoms. The zero-order valence-corrected chi connectivity index (χ0v) is 20.1. The van der Waals surface area contributed by atoms with E-state index in [1.165, 1.54) is 17.3 Å². The Bertz CT molecular complexity index is 1020. The molecule has 2 heterocycles. The second-order valence-electron chi connectivity index (χ2n) is 9.01. The van der Waals surface area contributed by atoms with Crippen LogP contribution in [-0.4, -0.2) is 72.3 Å². The number of hydrogen-bond acceptors (Lipinski definition) is 5. The van der Waals surface area contributed by atoms with E-state index in [0.29, 0.717) is 32.6 Å². The summed E-state index contributed by atoms with van der Waals surface area (Å²) < 4.78 is 0. The molecule has 2 aromatic carbocycles. The van der Waals surface area contributed by atoms with Crippen LogP contribution in [0.25, 0.3) is 0 Å². The quantitative estimate of drug-likeness (QED) is 0.346. The molecule has 0 saturated carbocycles.